The van der Waals surface area contributed by atoms with E-state index >= 15 is 0 Å². The minimum Gasteiger partial charge on any atom is -0.344 e. The van der Waals surface area contributed by atoms with Crippen LogP contribution in [0.1, 0.15) is 68.3 Å². The fourth-order valence-corrected chi connectivity index (χ4v) is 5.82. The van der Waals surface area contributed by atoms with Crippen molar-refractivity contribution in [3.05, 3.63) is 46.8 Å². The lowest BCUT2D eigenvalue weighted by Gasteiger charge is -2.23. The second-order valence-electron chi connectivity index (χ2n) is 11.2. The van der Waals surface area contributed by atoms with Crippen LogP contribution in [0.5, 0.6) is 0 Å². The largest absolute Gasteiger partial charge is 0.344 e. The number of amides is 3. The maximum Gasteiger partial charge on any atom is 0.246 e. The zero-order chi connectivity index (χ0) is 27.2. The molecule has 0 bridgehead atoms. The molecular formula is C27H32FN7O3. The summed E-state index contributed by atoms with van der Waals surface area (Å²) in [6, 6.07) is 6.29. The van der Waals surface area contributed by atoms with Gasteiger partial charge in [0.2, 0.25) is 17.7 Å². The molecular weight excluding hydrogens is 489 g/mol. The van der Waals surface area contributed by atoms with Gasteiger partial charge in [0.05, 0.1) is 31.0 Å². The molecule has 0 saturated carbocycles. The normalized spacial score (nSPS) is 26.5. The Hall–Kier alpha value is -3.81. The van der Waals surface area contributed by atoms with E-state index in [0.29, 0.717) is 19.6 Å². The molecule has 0 radical (unpaired) electrons. The molecule has 2 fully saturated rings. The van der Waals surface area contributed by atoms with Crippen molar-refractivity contribution in [2.45, 2.75) is 83.3 Å². The molecule has 38 heavy (non-hydrogen) atoms. The Kier molecular flexibility index (Phi) is 6.67. The maximum atomic E-state index is 14.5. The van der Waals surface area contributed by atoms with Crippen LogP contribution in [-0.2, 0) is 34.0 Å². The molecule has 1 N–H and O–H groups in total. The van der Waals surface area contributed by atoms with Crippen LogP contribution in [0.4, 0.5) is 4.39 Å². The summed E-state index contributed by atoms with van der Waals surface area (Å²) in [5.74, 6) is -1.35. The highest BCUT2D eigenvalue weighted by Gasteiger charge is 2.47. The van der Waals surface area contributed by atoms with Crippen LogP contribution >= 0.6 is 0 Å². The monoisotopic (exact) mass is 521 g/mol. The number of rotatable bonds is 6. The number of benzene rings is 1. The highest BCUT2D eigenvalue weighted by Crippen LogP contribution is 2.33. The van der Waals surface area contributed by atoms with E-state index in [-0.39, 0.29) is 43.5 Å². The zero-order valence-electron chi connectivity index (χ0n) is 21.9. The van der Waals surface area contributed by atoms with Gasteiger partial charge < -0.3 is 15.1 Å². The summed E-state index contributed by atoms with van der Waals surface area (Å²) in [6.07, 6.45) is 1.86. The molecule has 3 aliphatic rings. The number of hydrogen-bond acceptors (Lipinski definition) is 6. The number of nitrogens with one attached hydrogen (secondary N) is 1. The van der Waals surface area contributed by atoms with E-state index < -0.39 is 29.6 Å². The number of carbonyl (C=O) groups excluding carboxylic acids is 3. The lowest BCUT2D eigenvalue weighted by Crippen LogP contribution is -2.46. The van der Waals surface area contributed by atoms with Gasteiger partial charge in [-0.1, -0.05) is 37.3 Å². The SMILES string of the molecule is CC(C)c1cnnn1Cc1cccc2c1CN(C(=O)C[C@@H]1C[C@@H](C(=O)N3CC(C)(F)C[C@H]3C#N)NC1=O)C2. The van der Waals surface area contributed by atoms with Crippen LogP contribution in [0.15, 0.2) is 24.4 Å². The third-order valence-electron chi connectivity index (χ3n) is 7.85. The molecule has 1 unspecified atom stereocenters. The lowest BCUT2D eigenvalue weighted by molar-refractivity contribution is -0.135. The molecule has 10 nitrogen and oxygen atoms in total. The Morgan fingerprint density at radius 3 is 2.84 bits per heavy atom. The molecule has 0 spiro atoms. The summed E-state index contributed by atoms with van der Waals surface area (Å²) in [5.41, 5.74) is 2.63. The van der Waals surface area contributed by atoms with Gasteiger partial charge in [0.1, 0.15) is 17.8 Å². The fourth-order valence-electron chi connectivity index (χ4n) is 5.82. The van der Waals surface area contributed by atoms with Crippen molar-refractivity contribution in [3.8, 4) is 6.07 Å². The average molecular weight is 522 g/mol. The number of halogens is 1. The smallest absolute Gasteiger partial charge is 0.246 e. The Labute approximate surface area is 220 Å². The minimum atomic E-state index is -1.64. The van der Waals surface area contributed by atoms with Gasteiger partial charge in [-0.25, -0.2) is 9.07 Å². The molecule has 0 aliphatic carbocycles. The Bertz CT molecular complexity index is 1310. The standard InChI is InChI=1S/C27H32FN7O3/c1-16(2)23-11-30-32-35(23)13-18-6-4-5-17-12-33(14-21(17)18)24(36)8-19-7-22(31-25(19)37)26(38)34-15-27(3,28)9-20(34)10-29/h4-6,11,16,19-20,22H,7-9,12-15H2,1-3H3,(H,31,37)/t19-,20-,22-,27?/m0/s1. The van der Waals surface area contributed by atoms with Crippen LogP contribution in [-0.4, -0.2) is 66.8 Å². The van der Waals surface area contributed by atoms with Crippen LogP contribution in [0.25, 0.3) is 0 Å². The van der Waals surface area contributed by atoms with E-state index in [4.69, 9.17) is 0 Å². The average Bonchev–Trinajstić information content (AvgIpc) is 3.64. The van der Waals surface area contributed by atoms with Crippen molar-refractivity contribution in [1.29, 1.82) is 5.26 Å². The number of likely N-dealkylation sites (tertiary alicyclic amines) is 1. The molecule has 3 amide bonds. The second-order valence-corrected chi connectivity index (χ2v) is 11.2. The van der Waals surface area contributed by atoms with Crippen molar-refractivity contribution < 1.29 is 18.8 Å². The molecule has 1 aromatic carbocycles. The zero-order valence-corrected chi connectivity index (χ0v) is 21.9. The number of fused-ring (bicyclic) bond motifs is 1. The first-order chi connectivity index (χ1) is 18.1. The molecule has 1 aromatic heterocycles. The summed E-state index contributed by atoms with van der Waals surface area (Å²) < 4.78 is 16.3. The van der Waals surface area contributed by atoms with E-state index in [0.717, 1.165) is 22.4 Å². The molecule has 2 aromatic rings. The van der Waals surface area contributed by atoms with Crippen molar-refractivity contribution >= 4 is 17.7 Å². The first-order valence-electron chi connectivity index (χ1n) is 13.0. The van der Waals surface area contributed by atoms with Crippen LogP contribution < -0.4 is 5.32 Å². The number of carbonyl (C=O) groups is 3. The van der Waals surface area contributed by atoms with Crippen LogP contribution in [0.3, 0.4) is 0 Å². The third kappa shape index (κ3) is 4.87. The number of nitrogens with zero attached hydrogens (tertiary/aromatic N) is 6. The summed E-state index contributed by atoms with van der Waals surface area (Å²) in [6.45, 7) is 6.83. The number of aromatic nitrogens is 3. The predicted molar refractivity (Wildman–Crippen MR) is 134 cm³/mol. The van der Waals surface area contributed by atoms with E-state index in [2.05, 4.69) is 29.5 Å². The Morgan fingerprint density at radius 2 is 2.11 bits per heavy atom. The first-order valence-corrected chi connectivity index (χ1v) is 13.0. The quantitative estimate of drug-likeness (QED) is 0.620. The summed E-state index contributed by atoms with van der Waals surface area (Å²) >= 11 is 0. The van der Waals surface area contributed by atoms with Gasteiger partial charge in [-0.15, -0.1) is 5.10 Å². The summed E-state index contributed by atoms with van der Waals surface area (Å²) in [7, 11) is 0. The van der Waals surface area contributed by atoms with Gasteiger partial charge in [0, 0.05) is 31.8 Å². The van der Waals surface area contributed by atoms with Crippen LogP contribution in [0, 0.1) is 17.2 Å². The highest BCUT2D eigenvalue weighted by atomic mass is 19.1. The van der Waals surface area contributed by atoms with E-state index in [1.165, 1.54) is 11.8 Å². The number of hydrogen-bond donors (Lipinski definition) is 1. The van der Waals surface area contributed by atoms with E-state index in [1.807, 2.05) is 29.0 Å². The second kappa shape index (κ2) is 9.82. The number of nitriles is 1. The first kappa shape index (κ1) is 25.8. The molecule has 4 atom stereocenters. The Balaban J connectivity index is 1.22. The van der Waals surface area contributed by atoms with Crippen molar-refractivity contribution in [2.75, 3.05) is 6.54 Å². The molecule has 4 heterocycles. The van der Waals surface area contributed by atoms with Crippen molar-refractivity contribution in [2.24, 2.45) is 5.92 Å². The van der Waals surface area contributed by atoms with Gasteiger partial charge in [-0.05, 0) is 36.0 Å². The van der Waals surface area contributed by atoms with Gasteiger partial charge >= 0.3 is 0 Å². The van der Waals surface area contributed by atoms with Crippen LogP contribution in [0.2, 0.25) is 0 Å². The third-order valence-corrected chi connectivity index (χ3v) is 7.85. The highest BCUT2D eigenvalue weighted by molar-refractivity contribution is 5.94. The predicted octanol–water partition coefficient (Wildman–Crippen LogP) is 2.04. The van der Waals surface area contributed by atoms with Crippen molar-refractivity contribution in [3.63, 3.8) is 0 Å². The lowest BCUT2D eigenvalue weighted by atomic mass is 9.99. The topological polar surface area (TPSA) is 124 Å². The fraction of sp³-hybridized carbons (Fsp3) is 0.556. The number of alkyl halides is 1. The summed E-state index contributed by atoms with van der Waals surface area (Å²) in [4.78, 5) is 41.9. The minimum absolute atomic E-state index is 0.0119. The molecule has 2 saturated heterocycles. The van der Waals surface area contributed by atoms with E-state index in [1.54, 1.807) is 11.1 Å². The molecule has 5 rings (SSSR count). The van der Waals surface area contributed by atoms with Gasteiger partial charge in [0.15, 0.2) is 0 Å². The molecule has 11 heteroatoms. The maximum absolute atomic E-state index is 14.5. The Morgan fingerprint density at radius 1 is 1.32 bits per heavy atom. The van der Waals surface area contributed by atoms with Crippen molar-refractivity contribution in [1.82, 2.24) is 30.1 Å². The van der Waals surface area contributed by atoms with Gasteiger partial charge in [-0.2, -0.15) is 5.26 Å². The summed E-state index contributed by atoms with van der Waals surface area (Å²) in [5, 5.41) is 20.3. The van der Waals surface area contributed by atoms with Gasteiger partial charge in [-0.3, -0.25) is 14.4 Å². The van der Waals surface area contributed by atoms with Gasteiger partial charge in [0.25, 0.3) is 0 Å². The van der Waals surface area contributed by atoms with E-state index in [9.17, 15) is 24.0 Å². The molecule has 200 valence electrons. The molecule has 3 aliphatic heterocycles.